The molecule has 29 heavy (non-hydrogen) atoms. The van der Waals surface area contributed by atoms with Gasteiger partial charge < -0.3 is 10.2 Å². The van der Waals surface area contributed by atoms with Gasteiger partial charge in [0.05, 0.1) is 0 Å². The Bertz CT molecular complexity index is 940. The van der Waals surface area contributed by atoms with E-state index >= 15 is 0 Å². The SMILES string of the molecule is CN=C(NCCCn1nc2n(c1=O)CCCC2)N1CC=C(c2ccccc2)CC1. The molecule has 154 valence electrons. The number of hydrogen-bond acceptors (Lipinski definition) is 3. The Morgan fingerprint density at radius 2 is 2.03 bits per heavy atom. The molecule has 0 radical (unpaired) electrons. The number of guanidine groups is 1. The van der Waals surface area contributed by atoms with Crippen molar-refractivity contribution >= 4 is 11.5 Å². The second kappa shape index (κ2) is 9.11. The molecule has 4 rings (SSSR count). The van der Waals surface area contributed by atoms with E-state index in [0.29, 0.717) is 6.54 Å². The normalized spacial score (nSPS) is 17.1. The summed E-state index contributed by atoms with van der Waals surface area (Å²) in [6.07, 6.45) is 7.27. The Kier molecular flexibility index (Phi) is 6.12. The Hall–Kier alpha value is -2.83. The van der Waals surface area contributed by atoms with Gasteiger partial charge >= 0.3 is 5.69 Å². The first kappa shape index (κ1) is 19.5. The molecule has 1 N–H and O–H groups in total. The largest absolute Gasteiger partial charge is 0.356 e. The number of aryl methyl sites for hydroxylation is 2. The second-order valence-electron chi connectivity index (χ2n) is 7.65. The van der Waals surface area contributed by atoms with Crippen LogP contribution in [0.15, 0.2) is 46.2 Å². The van der Waals surface area contributed by atoms with Crippen LogP contribution in [0.5, 0.6) is 0 Å². The predicted molar refractivity (Wildman–Crippen MR) is 116 cm³/mol. The molecule has 7 nitrogen and oxygen atoms in total. The molecule has 7 heteroatoms. The second-order valence-corrected chi connectivity index (χ2v) is 7.65. The molecule has 0 spiro atoms. The Morgan fingerprint density at radius 1 is 1.17 bits per heavy atom. The fourth-order valence-electron chi connectivity index (χ4n) is 4.13. The zero-order chi connectivity index (χ0) is 20.1. The molecule has 0 bridgehead atoms. The molecule has 2 aliphatic rings. The van der Waals surface area contributed by atoms with E-state index in [4.69, 9.17) is 0 Å². The lowest BCUT2D eigenvalue weighted by Gasteiger charge is -2.29. The van der Waals surface area contributed by atoms with Gasteiger partial charge in [0.1, 0.15) is 5.82 Å². The van der Waals surface area contributed by atoms with E-state index in [1.54, 1.807) is 4.68 Å². The van der Waals surface area contributed by atoms with Crippen LogP contribution in [0.3, 0.4) is 0 Å². The summed E-state index contributed by atoms with van der Waals surface area (Å²) in [6.45, 7) is 4.03. The quantitative estimate of drug-likeness (QED) is 0.479. The van der Waals surface area contributed by atoms with Crippen LogP contribution in [0.1, 0.15) is 37.1 Å². The third-order valence-electron chi connectivity index (χ3n) is 5.73. The highest BCUT2D eigenvalue weighted by atomic mass is 16.2. The molecule has 0 atom stereocenters. The van der Waals surface area contributed by atoms with Gasteiger partial charge in [0.2, 0.25) is 0 Å². The van der Waals surface area contributed by atoms with Gasteiger partial charge in [-0.25, -0.2) is 9.48 Å². The Morgan fingerprint density at radius 3 is 2.76 bits per heavy atom. The lowest BCUT2D eigenvalue weighted by atomic mass is 10.00. The minimum absolute atomic E-state index is 0.0405. The minimum atomic E-state index is 0.0405. The highest BCUT2D eigenvalue weighted by molar-refractivity contribution is 5.81. The lowest BCUT2D eigenvalue weighted by molar-refractivity contribution is 0.436. The smallest absolute Gasteiger partial charge is 0.345 e. The van der Waals surface area contributed by atoms with Gasteiger partial charge in [-0.05, 0) is 36.8 Å². The number of aromatic nitrogens is 3. The molecule has 2 aromatic rings. The van der Waals surface area contributed by atoms with Gasteiger partial charge in [-0.15, -0.1) is 0 Å². The molecule has 0 aliphatic carbocycles. The van der Waals surface area contributed by atoms with E-state index in [-0.39, 0.29) is 5.69 Å². The molecule has 3 heterocycles. The fraction of sp³-hybridized carbons (Fsp3) is 0.500. The van der Waals surface area contributed by atoms with Crippen LogP contribution in [-0.4, -0.2) is 51.9 Å². The van der Waals surface area contributed by atoms with E-state index in [2.05, 4.69) is 56.7 Å². The van der Waals surface area contributed by atoms with Crippen molar-refractivity contribution in [1.82, 2.24) is 24.6 Å². The van der Waals surface area contributed by atoms with Gasteiger partial charge in [-0.3, -0.25) is 9.56 Å². The van der Waals surface area contributed by atoms with Crippen LogP contribution < -0.4 is 11.0 Å². The summed E-state index contributed by atoms with van der Waals surface area (Å²) in [7, 11) is 1.83. The molecule has 1 aromatic carbocycles. The summed E-state index contributed by atoms with van der Waals surface area (Å²) in [6, 6.07) is 10.6. The van der Waals surface area contributed by atoms with Crippen molar-refractivity contribution in [3.05, 3.63) is 58.3 Å². The first-order valence-electron chi connectivity index (χ1n) is 10.6. The van der Waals surface area contributed by atoms with E-state index in [1.807, 2.05) is 11.6 Å². The third-order valence-corrected chi connectivity index (χ3v) is 5.73. The van der Waals surface area contributed by atoms with Crippen molar-refractivity contribution in [2.45, 2.75) is 45.2 Å². The van der Waals surface area contributed by atoms with Crippen LogP contribution in [0, 0.1) is 0 Å². The Balaban J connectivity index is 1.27. The van der Waals surface area contributed by atoms with E-state index < -0.39 is 0 Å². The average Bonchev–Trinajstić information content (AvgIpc) is 3.10. The van der Waals surface area contributed by atoms with E-state index in [0.717, 1.165) is 70.1 Å². The number of benzene rings is 1. The molecule has 0 amide bonds. The summed E-state index contributed by atoms with van der Waals surface area (Å²) in [4.78, 5) is 19.1. The summed E-state index contributed by atoms with van der Waals surface area (Å²) in [5.74, 6) is 1.86. The maximum Gasteiger partial charge on any atom is 0.345 e. The number of rotatable bonds is 5. The average molecular weight is 395 g/mol. The highest BCUT2D eigenvalue weighted by Gasteiger charge is 2.17. The zero-order valence-electron chi connectivity index (χ0n) is 17.2. The van der Waals surface area contributed by atoms with Crippen LogP contribution in [0.2, 0.25) is 0 Å². The van der Waals surface area contributed by atoms with Gasteiger partial charge in [0.25, 0.3) is 0 Å². The van der Waals surface area contributed by atoms with Crippen molar-refractivity contribution in [1.29, 1.82) is 0 Å². The number of aliphatic imine (C=N–C) groups is 1. The third kappa shape index (κ3) is 4.44. The van der Waals surface area contributed by atoms with E-state index in [1.165, 1.54) is 11.1 Å². The van der Waals surface area contributed by atoms with Gasteiger partial charge in [0.15, 0.2) is 5.96 Å². The zero-order valence-corrected chi connectivity index (χ0v) is 17.2. The van der Waals surface area contributed by atoms with Crippen LogP contribution in [0.25, 0.3) is 5.57 Å². The molecular formula is C22H30N6O. The molecular weight excluding hydrogens is 364 g/mol. The summed E-state index contributed by atoms with van der Waals surface area (Å²) >= 11 is 0. The van der Waals surface area contributed by atoms with Crippen LogP contribution >= 0.6 is 0 Å². The molecule has 0 fully saturated rings. The summed E-state index contributed by atoms with van der Waals surface area (Å²) in [5, 5.41) is 7.95. The standard InChI is InChI=1S/C22H30N6O/c1-23-21(26-16-11-19(12-17-26)18-8-3-2-4-9-18)24-13-7-15-28-22(29)27-14-6-5-10-20(27)25-28/h2-4,8-9,11H,5-7,10,12-17H2,1H3,(H,23,24). The van der Waals surface area contributed by atoms with Crippen molar-refractivity contribution in [2.24, 2.45) is 4.99 Å². The van der Waals surface area contributed by atoms with Crippen LogP contribution in [-0.2, 0) is 19.5 Å². The fourth-order valence-corrected chi connectivity index (χ4v) is 4.13. The summed E-state index contributed by atoms with van der Waals surface area (Å²) < 4.78 is 3.46. The molecule has 1 aromatic heterocycles. The number of fused-ring (bicyclic) bond motifs is 1. The number of hydrogen-bond donors (Lipinski definition) is 1. The van der Waals surface area contributed by atoms with Gasteiger partial charge in [0, 0.05) is 46.2 Å². The monoisotopic (exact) mass is 394 g/mol. The van der Waals surface area contributed by atoms with Crippen molar-refractivity contribution in [3.8, 4) is 0 Å². The van der Waals surface area contributed by atoms with Crippen LogP contribution in [0.4, 0.5) is 0 Å². The highest BCUT2D eigenvalue weighted by Crippen LogP contribution is 2.21. The van der Waals surface area contributed by atoms with Gasteiger partial charge in [-0.1, -0.05) is 36.4 Å². The molecule has 0 saturated heterocycles. The van der Waals surface area contributed by atoms with Gasteiger partial charge in [-0.2, -0.15) is 5.10 Å². The molecule has 2 aliphatic heterocycles. The van der Waals surface area contributed by atoms with Crippen molar-refractivity contribution in [3.63, 3.8) is 0 Å². The predicted octanol–water partition coefficient (Wildman–Crippen LogP) is 2.14. The maximum atomic E-state index is 12.4. The summed E-state index contributed by atoms with van der Waals surface area (Å²) in [5.41, 5.74) is 2.75. The van der Waals surface area contributed by atoms with E-state index in [9.17, 15) is 4.79 Å². The van der Waals surface area contributed by atoms with Crippen molar-refractivity contribution in [2.75, 3.05) is 26.7 Å². The minimum Gasteiger partial charge on any atom is -0.356 e. The number of nitrogens with zero attached hydrogens (tertiary/aromatic N) is 5. The first-order valence-corrected chi connectivity index (χ1v) is 10.6. The molecule has 0 saturated carbocycles. The topological polar surface area (TPSA) is 67.5 Å². The molecule has 0 unspecified atom stereocenters. The lowest BCUT2D eigenvalue weighted by Crippen LogP contribution is -2.44. The maximum absolute atomic E-state index is 12.4. The number of nitrogens with one attached hydrogen (secondary N) is 1. The first-order chi connectivity index (χ1) is 14.3. The Labute approximate surface area is 171 Å². The van der Waals surface area contributed by atoms with Crippen molar-refractivity contribution < 1.29 is 0 Å².